The van der Waals surface area contributed by atoms with Crippen LogP contribution in [0.3, 0.4) is 0 Å². The minimum Gasteiger partial charge on any atom is -0.497 e. The lowest BCUT2D eigenvalue weighted by atomic mass is 9.83. The first kappa shape index (κ1) is 23.8. The van der Waals surface area contributed by atoms with Gasteiger partial charge in [0, 0.05) is 63.3 Å². The predicted octanol–water partition coefficient (Wildman–Crippen LogP) is 4.19. The largest absolute Gasteiger partial charge is 0.497 e. The summed E-state index contributed by atoms with van der Waals surface area (Å²) in [7, 11) is 5.65. The molecule has 2 aliphatic rings. The van der Waals surface area contributed by atoms with Gasteiger partial charge in [-0.2, -0.15) is 0 Å². The van der Waals surface area contributed by atoms with Gasteiger partial charge in [0.05, 0.1) is 7.11 Å². The third-order valence-electron chi connectivity index (χ3n) is 7.17. The van der Waals surface area contributed by atoms with Gasteiger partial charge in [-0.05, 0) is 66.4 Å². The van der Waals surface area contributed by atoms with Crippen LogP contribution in [0.15, 0.2) is 65.5 Å². The summed E-state index contributed by atoms with van der Waals surface area (Å²) in [6, 6.07) is 19.5. The van der Waals surface area contributed by atoms with Crippen molar-refractivity contribution in [3.8, 4) is 5.75 Å². The Hall–Kier alpha value is -3.94. The van der Waals surface area contributed by atoms with E-state index in [1.54, 1.807) is 7.11 Å². The maximum absolute atomic E-state index is 13.3. The summed E-state index contributed by atoms with van der Waals surface area (Å²) in [6.45, 7) is 2.46. The molecule has 2 bridgehead atoms. The number of benzene rings is 2. The van der Waals surface area contributed by atoms with Crippen LogP contribution in [-0.2, 0) is 13.1 Å². The van der Waals surface area contributed by atoms with Crippen LogP contribution < -0.4 is 25.8 Å². The van der Waals surface area contributed by atoms with E-state index in [-0.39, 0.29) is 23.4 Å². The fraction of sp³-hybridized carbons (Fsp3) is 0.357. The van der Waals surface area contributed by atoms with E-state index in [4.69, 9.17) is 4.74 Å². The minimum atomic E-state index is -0.107. The van der Waals surface area contributed by atoms with Gasteiger partial charge in [0.15, 0.2) is 0 Å². The van der Waals surface area contributed by atoms with Crippen molar-refractivity contribution in [2.75, 3.05) is 49.8 Å². The molecule has 2 aromatic carbocycles. The van der Waals surface area contributed by atoms with Crippen molar-refractivity contribution in [2.24, 2.45) is 5.92 Å². The van der Waals surface area contributed by atoms with Crippen molar-refractivity contribution in [1.82, 2.24) is 9.47 Å². The number of nitrogens with zero attached hydrogens (tertiary/aromatic N) is 3. The number of rotatable bonds is 6. The van der Waals surface area contributed by atoms with E-state index < -0.39 is 0 Å². The molecule has 2 atom stereocenters. The zero-order chi connectivity index (χ0) is 25.2. The van der Waals surface area contributed by atoms with Gasteiger partial charge in [-0.25, -0.2) is 4.79 Å². The number of fused-ring (bicyclic) bond motifs is 4. The van der Waals surface area contributed by atoms with Crippen molar-refractivity contribution >= 4 is 23.1 Å². The van der Waals surface area contributed by atoms with Crippen LogP contribution in [0.5, 0.6) is 5.75 Å². The molecule has 2 N–H and O–H groups in total. The molecule has 1 aromatic heterocycles. The number of urea groups is 1. The van der Waals surface area contributed by atoms with Crippen LogP contribution in [0.1, 0.15) is 23.6 Å². The Balaban J connectivity index is 1.26. The molecule has 5 rings (SSSR count). The van der Waals surface area contributed by atoms with Crippen molar-refractivity contribution in [2.45, 2.75) is 25.4 Å². The number of nitrogens with one attached hydrogen (secondary N) is 2. The molecule has 1 fully saturated rings. The number of piperidine rings is 1. The molecule has 2 aliphatic heterocycles. The number of amides is 2. The van der Waals surface area contributed by atoms with Gasteiger partial charge in [-0.1, -0.05) is 12.1 Å². The quantitative estimate of drug-likeness (QED) is 0.545. The highest BCUT2D eigenvalue weighted by Gasteiger charge is 2.36. The fourth-order valence-corrected chi connectivity index (χ4v) is 5.23. The van der Waals surface area contributed by atoms with E-state index >= 15 is 0 Å². The zero-order valence-electron chi connectivity index (χ0n) is 21.0. The monoisotopic (exact) mass is 487 g/mol. The molecule has 0 radical (unpaired) electrons. The molecule has 3 aromatic rings. The SMILES string of the molecule is COc1ccc(NC(=O)N2C[C@@H]3C[C@H](C2)c2ccc(NCc4ccc(N(C)C)cc4)c(=O)n2C3)cc1. The first-order valence-corrected chi connectivity index (χ1v) is 12.3. The lowest BCUT2D eigenvalue weighted by Crippen LogP contribution is -2.50. The third kappa shape index (κ3) is 4.89. The summed E-state index contributed by atoms with van der Waals surface area (Å²) < 4.78 is 7.10. The smallest absolute Gasteiger partial charge is 0.321 e. The van der Waals surface area contributed by atoms with Crippen LogP contribution in [0.25, 0.3) is 0 Å². The summed E-state index contributed by atoms with van der Waals surface area (Å²) in [6.07, 6.45) is 0.997. The van der Waals surface area contributed by atoms with E-state index in [1.807, 2.05) is 60.0 Å². The number of anilines is 3. The Morgan fingerprint density at radius 2 is 1.75 bits per heavy atom. The first-order chi connectivity index (χ1) is 17.4. The second-order valence-electron chi connectivity index (χ2n) is 9.86. The molecule has 8 nitrogen and oxygen atoms in total. The van der Waals surface area contributed by atoms with Crippen LogP contribution in [0, 0.1) is 5.92 Å². The lowest BCUT2D eigenvalue weighted by molar-refractivity contribution is 0.139. The molecule has 0 saturated carbocycles. The number of hydrogen-bond donors (Lipinski definition) is 2. The Bertz CT molecular complexity index is 1280. The molecular weight excluding hydrogens is 454 g/mol. The molecule has 0 aliphatic carbocycles. The van der Waals surface area contributed by atoms with Gasteiger partial charge in [0.25, 0.3) is 5.56 Å². The second-order valence-corrected chi connectivity index (χ2v) is 9.86. The van der Waals surface area contributed by atoms with Gasteiger partial charge >= 0.3 is 6.03 Å². The molecular formula is C28H33N5O3. The topological polar surface area (TPSA) is 78.8 Å². The second kappa shape index (κ2) is 9.97. The molecule has 0 unspecified atom stereocenters. The van der Waals surface area contributed by atoms with Crippen LogP contribution >= 0.6 is 0 Å². The van der Waals surface area contributed by atoms with Crippen molar-refractivity contribution in [1.29, 1.82) is 0 Å². The van der Waals surface area contributed by atoms with Gasteiger partial charge in [0.2, 0.25) is 0 Å². The van der Waals surface area contributed by atoms with E-state index in [0.717, 1.165) is 34.8 Å². The van der Waals surface area contributed by atoms with Gasteiger partial charge in [-0.15, -0.1) is 0 Å². The van der Waals surface area contributed by atoms with Gasteiger partial charge < -0.3 is 29.7 Å². The number of methoxy groups -OCH3 is 1. The highest BCUT2D eigenvalue weighted by atomic mass is 16.5. The van der Waals surface area contributed by atoms with Crippen molar-refractivity contribution < 1.29 is 9.53 Å². The predicted molar refractivity (Wildman–Crippen MR) is 143 cm³/mol. The molecule has 188 valence electrons. The van der Waals surface area contributed by atoms with E-state index in [0.29, 0.717) is 31.9 Å². The normalized spacial score (nSPS) is 18.2. The van der Waals surface area contributed by atoms with Gasteiger partial charge in [-0.3, -0.25) is 4.79 Å². The molecule has 0 spiro atoms. The summed E-state index contributed by atoms with van der Waals surface area (Å²) in [5.41, 5.74) is 4.65. The average Bonchev–Trinajstić information content (AvgIpc) is 2.89. The standard InChI is InChI=1S/C28H33N5O3/c1-31(2)23-8-4-19(5-9-23)15-29-25-12-13-26-21-14-20(17-33(26)27(25)34)16-32(18-21)28(35)30-22-6-10-24(36-3)11-7-22/h4-13,20-21,29H,14-18H2,1-3H3,(H,30,35)/t20-,21+/m0/s1. The maximum atomic E-state index is 13.3. The van der Waals surface area contributed by atoms with Crippen LogP contribution in [0.2, 0.25) is 0 Å². The summed E-state index contributed by atoms with van der Waals surface area (Å²) in [5, 5.41) is 6.31. The number of likely N-dealkylation sites (tertiary alicyclic amines) is 1. The number of aromatic nitrogens is 1. The Morgan fingerprint density at radius 1 is 1.00 bits per heavy atom. The number of hydrogen-bond acceptors (Lipinski definition) is 5. The maximum Gasteiger partial charge on any atom is 0.321 e. The molecule has 8 heteroatoms. The summed E-state index contributed by atoms with van der Waals surface area (Å²) >= 11 is 0. The molecule has 3 heterocycles. The first-order valence-electron chi connectivity index (χ1n) is 12.3. The van der Waals surface area contributed by atoms with E-state index in [2.05, 4.69) is 39.8 Å². The molecule has 2 amide bonds. The zero-order valence-corrected chi connectivity index (χ0v) is 21.0. The summed E-state index contributed by atoms with van der Waals surface area (Å²) in [5.74, 6) is 1.16. The van der Waals surface area contributed by atoms with Crippen molar-refractivity contribution in [3.63, 3.8) is 0 Å². The molecule has 1 saturated heterocycles. The third-order valence-corrected chi connectivity index (χ3v) is 7.17. The number of ether oxygens (including phenoxy) is 1. The number of carbonyl (C=O) groups is 1. The highest BCUT2D eigenvalue weighted by Crippen LogP contribution is 2.35. The average molecular weight is 488 g/mol. The minimum absolute atomic E-state index is 0.0169. The molecule has 36 heavy (non-hydrogen) atoms. The van der Waals surface area contributed by atoms with E-state index in [1.165, 1.54) is 0 Å². The van der Waals surface area contributed by atoms with Crippen LogP contribution in [0.4, 0.5) is 21.9 Å². The Kier molecular flexibility index (Phi) is 6.59. The highest BCUT2D eigenvalue weighted by molar-refractivity contribution is 5.89. The number of pyridine rings is 1. The fourth-order valence-electron chi connectivity index (χ4n) is 5.23. The van der Waals surface area contributed by atoms with E-state index in [9.17, 15) is 9.59 Å². The Labute approximate surface area is 211 Å². The number of carbonyl (C=O) groups excluding carboxylic acids is 1. The summed E-state index contributed by atoms with van der Waals surface area (Å²) in [4.78, 5) is 30.2. The van der Waals surface area contributed by atoms with Crippen molar-refractivity contribution in [3.05, 3.63) is 82.3 Å². The van der Waals surface area contributed by atoms with Crippen LogP contribution in [-0.4, -0.2) is 49.8 Å². The Morgan fingerprint density at radius 3 is 2.44 bits per heavy atom. The lowest BCUT2D eigenvalue weighted by Gasteiger charge is -2.42. The van der Waals surface area contributed by atoms with Gasteiger partial charge in [0.1, 0.15) is 11.4 Å².